The molecule has 4 N–H and O–H groups in total. The third kappa shape index (κ3) is 3.58. The van der Waals surface area contributed by atoms with Gasteiger partial charge in [-0.3, -0.25) is 0 Å². The van der Waals surface area contributed by atoms with Gasteiger partial charge in [-0.15, -0.1) is 0 Å². The summed E-state index contributed by atoms with van der Waals surface area (Å²) in [6, 6.07) is 5.33. The topological polar surface area (TPSA) is 81.1 Å². The number of nitrogen functional groups attached to an aromatic ring is 1. The van der Waals surface area contributed by atoms with Crippen LogP contribution in [0.1, 0.15) is 31.2 Å². The first-order valence-electron chi connectivity index (χ1n) is 8.17. The fraction of sp³-hybridized carbons (Fsp3) is 0.412. The summed E-state index contributed by atoms with van der Waals surface area (Å²) in [6.45, 7) is 2.13. The monoisotopic (exact) mass is 365 g/mol. The zero-order chi connectivity index (χ0) is 17.1. The van der Waals surface area contributed by atoms with Crippen LogP contribution < -0.4 is 16.4 Å². The van der Waals surface area contributed by atoms with E-state index in [9.17, 15) is 0 Å². The van der Waals surface area contributed by atoms with E-state index in [1.807, 2.05) is 6.07 Å². The summed E-state index contributed by atoms with van der Waals surface area (Å²) in [4.78, 5) is 11.4. The molecule has 7 heteroatoms. The van der Waals surface area contributed by atoms with Gasteiger partial charge in [0.2, 0.25) is 5.95 Å². The van der Waals surface area contributed by atoms with Gasteiger partial charge < -0.3 is 16.4 Å². The van der Waals surface area contributed by atoms with Gasteiger partial charge >= 0.3 is 0 Å². The second-order valence-electron chi connectivity index (χ2n) is 5.97. The number of hydrogen-bond donors (Lipinski definition) is 2. The number of nitrogens with two attached hydrogens (primary N) is 2. The van der Waals surface area contributed by atoms with E-state index in [1.54, 1.807) is 12.1 Å². The van der Waals surface area contributed by atoms with E-state index in [1.165, 1.54) is 12.8 Å². The maximum absolute atomic E-state index is 6.37. The van der Waals surface area contributed by atoms with E-state index in [4.69, 9.17) is 39.7 Å². The molecule has 0 aliphatic carbocycles. The Morgan fingerprint density at radius 2 is 1.75 bits per heavy atom. The van der Waals surface area contributed by atoms with Crippen molar-refractivity contribution in [2.45, 2.75) is 32.2 Å². The van der Waals surface area contributed by atoms with Gasteiger partial charge in [0.15, 0.2) is 0 Å². The summed E-state index contributed by atoms with van der Waals surface area (Å²) in [5.41, 5.74) is 14.2. The SMILES string of the molecule is NCc1c(N)nc(N2CCCCCC2)nc1-c1ccc(Cl)cc1Cl. The molecule has 24 heavy (non-hydrogen) atoms. The van der Waals surface area contributed by atoms with Crippen LogP contribution in [0.15, 0.2) is 18.2 Å². The largest absolute Gasteiger partial charge is 0.383 e. The van der Waals surface area contributed by atoms with Crippen LogP contribution in [0.25, 0.3) is 11.3 Å². The van der Waals surface area contributed by atoms with Crippen molar-refractivity contribution in [3.63, 3.8) is 0 Å². The van der Waals surface area contributed by atoms with E-state index < -0.39 is 0 Å². The summed E-state index contributed by atoms with van der Waals surface area (Å²) in [6.07, 6.45) is 4.75. The van der Waals surface area contributed by atoms with E-state index in [0.29, 0.717) is 33.1 Å². The van der Waals surface area contributed by atoms with Crippen molar-refractivity contribution in [1.82, 2.24) is 9.97 Å². The molecular weight excluding hydrogens is 345 g/mol. The van der Waals surface area contributed by atoms with Crippen molar-refractivity contribution in [2.75, 3.05) is 23.7 Å². The fourth-order valence-electron chi connectivity index (χ4n) is 3.01. The molecule has 5 nitrogen and oxygen atoms in total. The van der Waals surface area contributed by atoms with Crippen LogP contribution in [-0.4, -0.2) is 23.1 Å². The highest BCUT2D eigenvalue weighted by Gasteiger charge is 2.19. The van der Waals surface area contributed by atoms with Gasteiger partial charge in [0.25, 0.3) is 0 Å². The normalized spacial score (nSPS) is 15.4. The summed E-state index contributed by atoms with van der Waals surface area (Å²) in [5, 5.41) is 1.10. The zero-order valence-corrected chi connectivity index (χ0v) is 14.9. The summed E-state index contributed by atoms with van der Waals surface area (Å²) in [7, 11) is 0. The molecule has 0 saturated carbocycles. The predicted octanol–water partition coefficient (Wildman–Crippen LogP) is 3.87. The molecule has 1 aliphatic heterocycles. The quantitative estimate of drug-likeness (QED) is 0.862. The Morgan fingerprint density at radius 1 is 1.04 bits per heavy atom. The molecule has 2 heterocycles. The van der Waals surface area contributed by atoms with Crippen LogP contribution in [0, 0.1) is 0 Å². The minimum atomic E-state index is 0.250. The Morgan fingerprint density at radius 3 is 2.38 bits per heavy atom. The Labute approximate surface area is 152 Å². The molecule has 0 spiro atoms. The Balaban J connectivity index is 2.09. The molecule has 0 bridgehead atoms. The second kappa shape index (κ2) is 7.55. The van der Waals surface area contributed by atoms with Crippen LogP contribution in [0.3, 0.4) is 0 Å². The Bertz CT molecular complexity index is 727. The highest BCUT2D eigenvalue weighted by molar-refractivity contribution is 6.36. The van der Waals surface area contributed by atoms with Crippen LogP contribution in [-0.2, 0) is 6.54 Å². The second-order valence-corrected chi connectivity index (χ2v) is 6.81. The molecule has 0 unspecified atom stereocenters. The van der Waals surface area contributed by atoms with Gasteiger partial charge in [-0.25, -0.2) is 4.98 Å². The number of nitrogens with zero attached hydrogens (tertiary/aromatic N) is 3. The van der Waals surface area contributed by atoms with Gasteiger partial charge in [-0.2, -0.15) is 4.98 Å². The lowest BCUT2D eigenvalue weighted by Gasteiger charge is -2.22. The molecule has 0 atom stereocenters. The number of aromatic nitrogens is 2. The van der Waals surface area contributed by atoms with E-state index in [-0.39, 0.29) is 6.54 Å². The summed E-state index contributed by atoms with van der Waals surface area (Å²) in [5.74, 6) is 1.06. The Hall–Kier alpha value is -1.56. The molecule has 1 aromatic carbocycles. The molecule has 0 amide bonds. The standard InChI is InChI=1S/C17H21Cl2N5/c18-11-5-6-12(14(19)9-11)15-13(10-20)16(21)23-17(22-15)24-7-3-1-2-4-8-24/h5-6,9H,1-4,7-8,10,20H2,(H2,21,22,23). The summed E-state index contributed by atoms with van der Waals surface area (Å²) < 4.78 is 0. The van der Waals surface area contributed by atoms with Crippen molar-refractivity contribution >= 4 is 35.0 Å². The zero-order valence-electron chi connectivity index (χ0n) is 13.4. The van der Waals surface area contributed by atoms with Gasteiger partial charge in [0.1, 0.15) is 5.82 Å². The lowest BCUT2D eigenvalue weighted by molar-refractivity contribution is 0.726. The highest BCUT2D eigenvalue weighted by Crippen LogP contribution is 2.34. The third-order valence-corrected chi connectivity index (χ3v) is 4.85. The van der Waals surface area contributed by atoms with Crippen molar-refractivity contribution in [3.8, 4) is 11.3 Å². The average Bonchev–Trinajstić information content (AvgIpc) is 2.83. The van der Waals surface area contributed by atoms with Crippen molar-refractivity contribution in [2.24, 2.45) is 5.73 Å². The van der Waals surface area contributed by atoms with Crippen molar-refractivity contribution < 1.29 is 0 Å². The smallest absolute Gasteiger partial charge is 0.227 e. The van der Waals surface area contributed by atoms with Gasteiger partial charge in [0, 0.05) is 35.8 Å². The molecule has 1 aromatic heterocycles. The van der Waals surface area contributed by atoms with Crippen LogP contribution in [0.5, 0.6) is 0 Å². The van der Waals surface area contributed by atoms with E-state index in [2.05, 4.69) is 9.88 Å². The van der Waals surface area contributed by atoms with Gasteiger partial charge in [-0.05, 0) is 31.0 Å². The third-order valence-electron chi connectivity index (χ3n) is 4.31. The molecule has 128 valence electrons. The van der Waals surface area contributed by atoms with Crippen LogP contribution in [0.2, 0.25) is 10.0 Å². The Kier molecular flexibility index (Phi) is 5.43. The first-order valence-corrected chi connectivity index (χ1v) is 8.92. The molecule has 3 rings (SSSR count). The molecule has 1 fully saturated rings. The highest BCUT2D eigenvalue weighted by atomic mass is 35.5. The van der Waals surface area contributed by atoms with Crippen LogP contribution in [0.4, 0.5) is 11.8 Å². The fourth-order valence-corrected chi connectivity index (χ4v) is 3.50. The summed E-state index contributed by atoms with van der Waals surface area (Å²) >= 11 is 12.4. The number of hydrogen-bond acceptors (Lipinski definition) is 5. The van der Waals surface area contributed by atoms with Gasteiger partial charge in [-0.1, -0.05) is 36.0 Å². The maximum Gasteiger partial charge on any atom is 0.227 e. The number of anilines is 2. The van der Waals surface area contributed by atoms with Crippen molar-refractivity contribution in [1.29, 1.82) is 0 Å². The van der Waals surface area contributed by atoms with Crippen molar-refractivity contribution in [3.05, 3.63) is 33.8 Å². The minimum Gasteiger partial charge on any atom is -0.383 e. The maximum atomic E-state index is 6.37. The molecule has 0 radical (unpaired) electrons. The molecule has 1 aliphatic rings. The lowest BCUT2D eigenvalue weighted by Crippen LogP contribution is -2.27. The molecule has 2 aromatic rings. The number of benzene rings is 1. The average molecular weight is 366 g/mol. The number of halogens is 2. The van der Waals surface area contributed by atoms with Crippen LogP contribution >= 0.6 is 23.2 Å². The number of rotatable bonds is 3. The predicted molar refractivity (Wildman–Crippen MR) is 100 cm³/mol. The first kappa shape index (κ1) is 17.3. The molecular formula is C17H21Cl2N5. The van der Waals surface area contributed by atoms with E-state index >= 15 is 0 Å². The van der Waals surface area contributed by atoms with E-state index in [0.717, 1.165) is 31.5 Å². The first-order chi connectivity index (χ1) is 11.6. The lowest BCUT2D eigenvalue weighted by atomic mass is 10.1. The minimum absolute atomic E-state index is 0.250. The van der Waals surface area contributed by atoms with Gasteiger partial charge in [0.05, 0.1) is 10.7 Å². The molecule has 1 saturated heterocycles.